The van der Waals surface area contributed by atoms with Crippen molar-refractivity contribution >= 4 is 10.9 Å². The maximum absolute atomic E-state index is 5.43. The number of imidazole rings is 1. The number of benzene rings is 3. The summed E-state index contributed by atoms with van der Waals surface area (Å²) in [5, 5.41) is 1.15. The first kappa shape index (κ1) is 17.3. The van der Waals surface area contributed by atoms with E-state index in [1.54, 1.807) is 7.11 Å². The van der Waals surface area contributed by atoms with E-state index in [1.165, 1.54) is 0 Å². The molecule has 0 saturated carbocycles. The molecule has 0 fully saturated rings. The van der Waals surface area contributed by atoms with Crippen LogP contribution in [-0.2, 0) is 0 Å². The van der Waals surface area contributed by atoms with Crippen molar-refractivity contribution in [2.45, 2.75) is 6.92 Å². The quantitative estimate of drug-likeness (QED) is 0.390. The standard InChI is InChI=1S/C25H21N3O/c1-16-14-18(12-13-22(16)29-2)24-23(17-8-4-3-5-9-17)27-25(28-24)20-15-26-21-11-7-6-10-19(20)21/h3-15,26H,1-2H3,(H,27,28). The average Bonchev–Trinajstić information content (AvgIpc) is 3.39. The van der Waals surface area contributed by atoms with E-state index in [0.29, 0.717) is 0 Å². The van der Waals surface area contributed by atoms with Gasteiger partial charge in [0.1, 0.15) is 11.6 Å². The molecule has 5 rings (SSSR count). The second-order valence-electron chi connectivity index (χ2n) is 7.11. The highest BCUT2D eigenvalue weighted by Gasteiger charge is 2.17. The highest BCUT2D eigenvalue weighted by atomic mass is 16.5. The van der Waals surface area contributed by atoms with Gasteiger partial charge in [0.25, 0.3) is 0 Å². The molecular weight excluding hydrogens is 358 g/mol. The Bertz CT molecular complexity index is 1300. The number of nitrogens with one attached hydrogen (secondary N) is 2. The number of ether oxygens (including phenoxy) is 1. The summed E-state index contributed by atoms with van der Waals surface area (Å²) in [5.41, 5.74) is 7.36. The van der Waals surface area contributed by atoms with E-state index in [4.69, 9.17) is 9.72 Å². The topological polar surface area (TPSA) is 53.7 Å². The number of fused-ring (bicyclic) bond motifs is 1. The molecule has 0 atom stereocenters. The predicted octanol–water partition coefficient (Wildman–Crippen LogP) is 6.21. The highest BCUT2D eigenvalue weighted by molar-refractivity contribution is 5.95. The molecule has 29 heavy (non-hydrogen) atoms. The van der Waals surface area contributed by atoms with Gasteiger partial charge >= 0.3 is 0 Å². The van der Waals surface area contributed by atoms with Gasteiger partial charge in [0.2, 0.25) is 0 Å². The fourth-order valence-electron chi connectivity index (χ4n) is 3.82. The average molecular weight is 379 g/mol. The largest absolute Gasteiger partial charge is 0.496 e. The Kier molecular flexibility index (Phi) is 4.17. The number of hydrogen-bond acceptors (Lipinski definition) is 2. The molecule has 4 heteroatoms. The van der Waals surface area contributed by atoms with Gasteiger partial charge in [-0.15, -0.1) is 0 Å². The van der Waals surface area contributed by atoms with Crippen LogP contribution < -0.4 is 4.74 Å². The van der Waals surface area contributed by atoms with Crippen LogP contribution in [0.2, 0.25) is 0 Å². The molecule has 4 nitrogen and oxygen atoms in total. The van der Waals surface area contributed by atoms with E-state index in [2.05, 4.69) is 59.4 Å². The Balaban J connectivity index is 1.72. The first-order valence-electron chi connectivity index (χ1n) is 9.61. The summed E-state index contributed by atoms with van der Waals surface area (Å²) in [6.45, 7) is 2.05. The molecule has 2 heterocycles. The Labute approximate surface area is 169 Å². The van der Waals surface area contributed by atoms with Crippen LogP contribution in [0, 0.1) is 6.92 Å². The van der Waals surface area contributed by atoms with Crippen LogP contribution >= 0.6 is 0 Å². The first-order chi connectivity index (χ1) is 14.2. The summed E-state index contributed by atoms with van der Waals surface area (Å²) in [5.74, 6) is 1.73. The number of nitrogens with zero attached hydrogens (tertiary/aromatic N) is 1. The molecule has 3 aromatic carbocycles. The smallest absolute Gasteiger partial charge is 0.140 e. The van der Waals surface area contributed by atoms with Crippen molar-refractivity contribution in [2.75, 3.05) is 7.11 Å². The molecule has 2 aromatic heterocycles. The maximum Gasteiger partial charge on any atom is 0.140 e. The molecule has 0 bridgehead atoms. The zero-order valence-electron chi connectivity index (χ0n) is 16.4. The molecule has 5 aromatic rings. The maximum atomic E-state index is 5.43. The zero-order chi connectivity index (χ0) is 19.8. The number of para-hydroxylation sites is 1. The SMILES string of the molecule is COc1ccc(-c2nc(-c3c[nH]c4ccccc34)[nH]c2-c2ccccc2)cc1C. The van der Waals surface area contributed by atoms with Gasteiger partial charge in [-0.3, -0.25) is 0 Å². The van der Waals surface area contributed by atoms with E-state index in [9.17, 15) is 0 Å². The lowest BCUT2D eigenvalue weighted by Crippen LogP contribution is -1.89. The summed E-state index contributed by atoms with van der Waals surface area (Å²) in [4.78, 5) is 11.9. The number of methoxy groups -OCH3 is 1. The number of aromatic nitrogens is 3. The van der Waals surface area contributed by atoms with E-state index < -0.39 is 0 Å². The molecule has 0 amide bonds. The Hall–Kier alpha value is -3.79. The summed E-state index contributed by atoms with van der Waals surface area (Å²) in [7, 11) is 1.70. The van der Waals surface area contributed by atoms with E-state index >= 15 is 0 Å². The van der Waals surface area contributed by atoms with Gasteiger partial charge in [0, 0.05) is 33.8 Å². The molecular formula is C25H21N3O. The van der Waals surface area contributed by atoms with Gasteiger partial charge in [-0.1, -0.05) is 48.5 Å². The monoisotopic (exact) mass is 379 g/mol. The number of rotatable bonds is 4. The third kappa shape index (κ3) is 2.99. The summed E-state index contributed by atoms with van der Waals surface area (Å²) in [6.07, 6.45) is 2.02. The molecule has 142 valence electrons. The van der Waals surface area contributed by atoms with Gasteiger partial charge in [-0.2, -0.15) is 0 Å². The zero-order valence-corrected chi connectivity index (χ0v) is 16.4. The van der Waals surface area contributed by atoms with Crippen molar-refractivity contribution in [1.29, 1.82) is 0 Å². The lowest BCUT2D eigenvalue weighted by atomic mass is 10.0. The Morgan fingerprint density at radius 2 is 1.66 bits per heavy atom. The fraction of sp³-hybridized carbons (Fsp3) is 0.0800. The minimum Gasteiger partial charge on any atom is -0.496 e. The van der Waals surface area contributed by atoms with Crippen LogP contribution in [0.4, 0.5) is 0 Å². The van der Waals surface area contributed by atoms with E-state index in [-0.39, 0.29) is 0 Å². The lowest BCUT2D eigenvalue weighted by molar-refractivity contribution is 0.412. The van der Waals surface area contributed by atoms with Gasteiger partial charge in [0.05, 0.1) is 18.5 Å². The highest BCUT2D eigenvalue weighted by Crippen LogP contribution is 2.36. The third-order valence-corrected chi connectivity index (χ3v) is 5.28. The van der Waals surface area contributed by atoms with Crippen molar-refractivity contribution in [2.24, 2.45) is 0 Å². The van der Waals surface area contributed by atoms with Crippen LogP contribution in [0.1, 0.15) is 5.56 Å². The van der Waals surface area contributed by atoms with Gasteiger partial charge in [0.15, 0.2) is 0 Å². The normalized spacial score (nSPS) is 11.1. The predicted molar refractivity (Wildman–Crippen MR) is 118 cm³/mol. The molecule has 0 unspecified atom stereocenters. The summed E-state index contributed by atoms with van der Waals surface area (Å²) < 4.78 is 5.43. The Morgan fingerprint density at radius 3 is 2.45 bits per heavy atom. The molecule has 0 saturated heterocycles. The van der Waals surface area contributed by atoms with Crippen molar-refractivity contribution in [3.05, 3.63) is 84.6 Å². The number of aryl methyl sites for hydroxylation is 1. The second-order valence-corrected chi connectivity index (χ2v) is 7.11. The first-order valence-corrected chi connectivity index (χ1v) is 9.61. The molecule has 0 aliphatic heterocycles. The van der Waals surface area contributed by atoms with Crippen molar-refractivity contribution in [1.82, 2.24) is 15.0 Å². The molecule has 0 aliphatic carbocycles. The van der Waals surface area contributed by atoms with Gasteiger partial charge in [-0.25, -0.2) is 4.98 Å². The van der Waals surface area contributed by atoms with Crippen LogP contribution in [0.15, 0.2) is 79.0 Å². The van der Waals surface area contributed by atoms with Gasteiger partial charge < -0.3 is 14.7 Å². The number of hydrogen-bond donors (Lipinski definition) is 2. The molecule has 2 N–H and O–H groups in total. The number of H-pyrrole nitrogens is 2. The van der Waals surface area contributed by atoms with Crippen LogP contribution in [0.5, 0.6) is 5.75 Å². The van der Waals surface area contributed by atoms with Crippen molar-refractivity contribution in [3.63, 3.8) is 0 Å². The molecule has 0 aliphatic rings. The minimum atomic E-state index is 0.852. The summed E-state index contributed by atoms with van der Waals surface area (Å²) >= 11 is 0. The molecule has 0 spiro atoms. The Morgan fingerprint density at radius 1 is 0.862 bits per heavy atom. The van der Waals surface area contributed by atoms with Crippen LogP contribution in [-0.4, -0.2) is 22.1 Å². The van der Waals surface area contributed by atoms with Gasteiger partial charge in [-0.05, 0) is 36.8 Å². The lowest BCUT2D eigenvalue weighted by Gasteiger charge is -2.07. The van der Waals surface area contributed by atoms with Crippen molar-refractivity contribution < 1.29 is 4.74 Å². The minimum absolute atomic E-state index is 0.852. The van der Waals surface area contributed by atoms with Crippen LogP contribution in [0.25, 0.3) is 44.8 Å². The number of aromatic amines is 2. The second kappa shape index (κ2) is 6.99. The summed E-state index contributed by atoms with van der Waals surface area (Å²) in [6, 6.07) is 24.8. The van der Waals surface area contributed by atoms with Crippen molar-refractivity contribution in [3.8, 4) is 39.7 Å². The third-order valence-electron chi connectivity index (χ3n) is 5.28. The van der Waals surface area contributed by atoms with E-state index in [1.807, 2.05) is 36.5 Å². The van der Waals surface area contributed by atoms with Crippen LogP contribution in [0.3, 0.4) is 0 Å². The fourth-order valence-corrected chi connectivity index (χ4v) is 3.82. The molecule has 0 radical (unpaired) electrons. The van der Waals surface area contributed by atoms with E-state index in [0.717, 1.165) is 56.1 Å².